The fraction of sp³-hybridized carbons (Fsp3) is 0.600. The first kappa shape index (κ1) is 13.8. The van der Waals surface area contributed by atoms with Crippen molar-refractivity contribution in [3.05, 3.63) is 33.7 Å². The lowest BCUT2D eigenvalue weighted by Gasteiger charge is -2.38. The van der Waals surface area contributed by atoms with Gasteiger partial charge in [-0.2, -0.15) is 0 Å². The molecule has 0 aromatic carbocycles. The molecule has 4 nitrogen and oxygen atoms in total. The van der Waals surface area contributed by atoms with Crippen LogP contribution in [0.5, 0.6) is 0 Å². The summed E-state index contributed by atoms with van der Waals surface area (Å²) in [5.41, 5.74) is 1.19. The second-order valence-electron chi connectivity index (χ2n) is 5.85. The summed E-state index contributed by atoms with van der Waals surface area (Å²) in [5.74, 6) is -0.139. The number of nitrogens with one attached hydrogen (secondary N) is 1. The van der Waals surface area contributed by atoms with E-state index in [1.165, 1.54) is 12.3 Å². The van der Waals surface area contributed by atoms with Crippen LogP contribution >= 0.6 is 0 Å². The molecule has 1 aromatic rings. The summed E-state index contributed by atoms with van der Waals surface area (Å²) < 4.78 is 0. The number of carbonyl (C=O) groups is 1. The standard InChI is InChI=1S/C15H22N2O2/c1-4-15(3)5-7-17(8-6-15)14(19)12-10-16-11(2)9-13(12)18/h9-10H,4-8H2,1-3H3,(H,16,18). The number of aryl methyl sites for hydroxylation is 1. The highest BCUT2D eigenvalue weighted by Crippen LogP contribution is 2.34. The van der Waals surface area contributed by atoms with E-state index in [0.29, 0.717) is 5.41 Å². The van der Waals surface area contributed by atoms with Crippen molar-refractivity contribution in [2.45, 2.75) is 40.0 Å². The minimum atomic E-state index is -0.190. The molecule has 0 unspecified atom stereocenters. The first-order valence-corrected chi connectivity index (χ1v) is 6.94. The average Bonchev–Trinajstić information content (AvgIpc) is 2.39. The third-order valence-electron chi connectivity index (χ3n) is 4.40. The number of amides is 1. The SMILES string of the molecule is CCC1(C)CCN(C(=O)c2c[nH]c(C)cc2=O)CC1. The number of hydrogen-bond donors (Lipinski definition) is 1. The van der Waals surface area contributed by atoms with E-state index < -0.39 is 0 Å². The van der Waals surface area contributed by atoms with E-state index in [4.69, 9.17) is 0 Å². The summed E-state index contributed by atoms with van der Waals surface area (Å²) in [4.78, 5) is 28.9. The van der Waals surface area contributed by atoms with Gasteiger partial charge in [0.15, 0.2) is 5.43 Å². The Kier molecular flexibility index (Phi) is 3.78. The van der Waals surface area contributed by atoms with Crippen molar-refractivity contribution in [2.75, 3.05) is 13.1 Å². The number of likely N-dealkylation sites (tertiary alicyclic amines) is 1. The largest absolute Gasteiger partial charge is 0.364 e. The van der Waals surface area contributed by atoms with Crippen LogP contribution in [0.25, 0.3) is 0 Å². The Hall–Kier alpha value is -1.58. The van der Waals surface area contributed by atoms with Crippen molar-refractivity contribution < 1.29 is 4.79 Å². The predicted molar refractivity (Wildman–Crippen MR) is 75.3 cm³/mol. The molecule has 4 heteroatoms. The Morgan fingerprint density at radius 2 is 2.05 bits per heavy atom. The van der Waals surface area contributed by atoms with E-state index in [1.54, 1.807) is 4.90 Å². The van der Waals surface area contributed by atoms with Gasteiger partial charge in [-0.05, 0) is 25.2 Å². The highest BCUT2D eigenvalue weighted by atomic mass is 16.2. The molecule has 1 N–H and O–H groups in total. The van der Waals surface area contributed by atoms with Crippen LogP contribution < -0.4 is 5.43 Å². The van der Waals surface area contributed by atoms with Crippen LogP contribution in [0.15, 0.2) is 17.1 Å². The summed E-state index contributed by atoms with van der Waals surface area (Å²) in [6.45, 7) is 7.77. The Morgan fingerprint density at radius 1 is 1.42 bits per heavy atom. The van der Waals surface area contributed by atoms with Gasteiger partial charge in [0.25, 0.3) is 5.91 Å². The molecule has 0 saturated carbocycles. The van der Waals surface area contributed by atoms with Crippen LogP contribution in [0.4, 0.5) is 0 Å². The van der Waals surface area contributed by atoms with Crippen LogP contribution in [0, 0.1) is 12.3 Å². The van der Waals surface area contributed by atoms with Gasteiger partial charge in [-0.15, -0.1) is 0 Å². The minimum absolute atomic E-state index is 0.139. The topological polar surface area (TPSA) is 53.2 Å². The molecule has 1 amide bonds. The van der Waals surface area contributed by atoms with Crippen LogP contribution in [-0.2, 0) is 0 Å². The van der Waals surface area contributed by atoms with Gasteiger partial charge in [-0.1, -0.05) is 20.3 Å². The minimum Gasteiger partial charge on any atom is -0.364 e. The van der Waals surface area contributed by atoms with Crippen molar-refractivity contribution in [1.82, 2.24) is 9.88 Å². The van der Waals surface area contributed by atoms with Crippen LogP contribution in [-0.4, -0.2) is 28.9 Å². The predicted octanol–water partition coefficient (Wildman–Crippen LogP) is 2.34. The fourth-order valence-corrected chi connectivity index (χ4v) is 2.51. The molecule has 0 atom stereocenters. The maximum atomic E-state index is 12.3. The van der Waals surface area contributed by atoms with Crippen LogP contribution in [0.3, 0.4) is 0 Å². The van der Waals surface area contributed by atoms with Crippen molar-refractivity contribution in [3.63, 3.8) is 0 Å². The first-order valence-electron chi connectivity index (χ1n) is 6.94. The third-order valence-corrected chi connectivity index (χ3v) is 4.40. The molecule has 0 bridgehead atoms. The van der Waals surface area contributed by atoms with E-state index in [9.17, 15) is 9.59 Å². The van der Waals surface area contributed by atoms with E-state index in [1.807, 2.05) is 6.92 Å². The monoisotopic (exact) mass is 262 g/mol. The molecule has 1 aliphatic rings. The molecule has 0 radical (unpaired) electrons. The summed E-state index contributed by atoms with van der Waals surface area (Å²) in [6.07, 6.45) is 4.70. The molecule has 0 spiro atoms. The Morgan fingerprint density at radius 3 is 2.58 bits per heavy atom. The first-order chi connectivity index (χ1) is 8.95. The van der Waals surface area contributed by atoms with Crippen molar-refractivity contribution in [2.24, 2.45) is 5.41 Å². The number of hydrogen-bond acceptors (Lipinski definition) is 2. The highest BCUT2D eigenvalue weighted by Gasteiger charge is 2.31. The Bertz CT molecular complexity index is 525. The van der Waals surface area contributed by atoms with Gasteiger partial charge in [0.1, 0.15) is 5.56 Å². The summed E-state index contributed by atoms with van der Waals surface area (Å²) in [6, 6.07) is 1.48. The number of aromatic amines is 1. The van der Waals surface area contributed by atoms with E-state index in [2.05, 4.69) is 18.8 Å². The fourth-order valence-electron chi connectivity index (χ4n) is 2.51. The van der Waals surface area contributed by atoms with Gasteiger partial charge < -0.3 is 9.88 Å². The number of carbonyl (C=O) groups excluding carboxylic acids is 1. The lowest BCUT2D eigenvalue weighted by molar-refractivity contribution is 0.0598. The van der Waals surface area contributed by atoms with Crippen molar-refractivity contribution in [3.8, 4) is 0 Å². The Labute approximate surface area is 113 Å². The van der Waals surface area contributed by atoms with Crippen molar-refractivity contribution >= 4 is 5.91 Å². The lowest BCUT2D eigenvalue weighted by atomic mass is 9.78. The number of nitrogens with zero attached hydrogens (tertiary/aromatic N) is 1. The van der Waals surface area contributed by atoms with Crippen LogP contribution in [0.2, 0.25) is 0 Å². The maximum Gasteiger partial charge on any atom is 0.259 e. The summed E-state index contributed by atoms with van der Waals surface area (Å²) in [5, 5.41) is 0. The molecule has 2 heterocycles. The molecule has 2 rings (SSSR count). The number of H-pyrrole nitrogens is 1. The summed E-state index contributed by atoms with van der Waals surface area (Å²) >= 11 is 0. The van der Waals surface area contributed by atoms with Gasteiger partial charge in [-0.25, -0.2) is 0 Å². The number of aromatic nitrogens is 1. The van der Waals surface area contributed by atoms with Gasteiger partial charge in [-0.3, -0.25) is 9.59 Å². The molecule has 1 saturated heterocycles. The van der Waals surface area contributed by atoms with Crippen LogP contribution in [0.1, 0.15) is 49.2 Å². The zero-order valence-corrected chi connectivity index (χ0v) is 12.0. The zero-order valence-electron chi connectivity index (χ0n) is 12.0. The van der Waals surface area contributed by atoms with E-state index in [-0.39, 0.29) is 16.9 Å². The van der Waals surface area contributed by atoms with E-state index in [0.717, 1.165) is 38.0 Å². The molecule has 1 aromatic heterocycles. The maximum absolute atomic E-state index is 12.3. The molecular formula is C15H22N2O2. The van der Waals surface area contributed by atoms with Gasteiger partial charge in [0.05, 0.1) is 0 Å². The van der Waals surface area contributed by atoms with Gasteiger partial charge >= 0.3 is 0 Å². The summed E-state index contributed by atoms with van der Waals surface area (Å²) in [7, 11) is 0. The van der Waals surface area contributed by atoms with Gasteiger partial charge in [0, 0.05) is 31.0 Å². The smallest absolute Gasteiger partial charge is 0.259 e. The average molecular weight is 262 g/mol. The molecule has 1 aliphatic heterocycles. The Balaban J connectivity index is 2.12. The highest BCUT2D eigenvalue weighted by molar-refractivity contribution is 5.93. The number of pyridine rings is 1. The second kappa shape index (κ2) is 5.19. The molecule has 0 aliphatic carbocycles. The van der Waals surface area contributed by atoms with E-state index >= 15 is 0 Å². The normalized spacial score (nSPS) is 18.4. The zero-order chi connectivity index (χ0) is 14.0. The molecular weight excluding hydrogens is 240 g/mol. The molecule has 19 heavy (non-hydrogen) atoms. The lowest BCUT2D eigenvalue weighted by Crippen LogP contribution is -2.43. The van der Waals surface area contributed by atoms with Crippen molar-refractivity contribution in [1.29, 1.82) is 0 Å². The number of piperidine rings is 1. The molecule has 1 fully saturated rings. The quantitative estimate of drug-likeness (QED) is 0.889. The molecule has 104 valence electrons. The van der Waals surface area contributed by atoms with Gasteiger partial charge in [0.2, 0.25) is 0 Å². The second-order valence-corrected chi connectivity index (χ2v) is 5.85. The third kappa shape index (κ3) is 2.88. The number of rotatable bonds is 2.